The Morgan fingerprint density at radius 1 is 1.04 bits per heavy atom. The van der Waals surface area contributed by atoms with Crippen molar-refractivity contribution in [3.63, 3.8) is 0 Å². The molecule has 0 unspecified atom stereocenters. The zero-order valence-electron chi connectivity index (χ0n) is 14.9. The van der Waals surface area contributed by atoms with E-state index < -0.39 is 0 Å². The summed E-state index contributed by atoms with van der Waals surface area (Å²) in [7, 11) is 0. The highest BCUT2D eigenvalue weighted by atomic mass is 16.5. The third kappa shape index (κ3) is 4.36. The monoisotopic (exact) mass is 348 g/mol. The van der Waals surface area contributed by atoms with E-state index in [1.54, 1.807) is 6.20 Å². The van der Waals surface area contributed by atoms with Crippen LogP contribution in [0.3, 0.4) is 0 Å². The molecule has 1 aromatic carbocycles. The number of aromatic nitrogens is 3. The van der Waals surface area contributed by atoms with E-state index in [1.807, 2.05) is 35.6 Å². The van der Waals surface area contributed by atoms with Gasteiger partial charge in [-0.1, -0.05) is 18.2 Å². The van der Waals surface area contributed by atoms with Gasteiger partial charge in [-0.05, 0) is 42.2 Å². The van der Waals surface area contributed by atoms with Crippen LogP contribution in [0.1, 0.15) is 24.0 Å². The first kappa shape index (κ1) is 16.9. The van der Waals surface area contributed by atoms with Crippen molar-refractivity contribution in [2.24, 2.45) is 0 Å². The lowest BCUT2D eigenvalue weighted by Gasteiger charge is -2.25. The molecule has 0 aliphatic carbocycles. The van der Waals surface area contributed by atoms with Gasteiger partial charge in [-0.2, -0.15) is 0 Å². The predicted molar refractivity (Wildman–Crippen MR) is 101 cm³/mol. The van der Waals surface area contributed by atoms with E-state index in [4.69, 9.17) is 4.74 Å². The van der Waals surface area contributed by atoms with Gasteiger partial charge in [0.15, 0.2) is 0 Å². The van der Waals surface area contributed by atoms with Crippen molar-refractivity contribution in [1.82, 2.24) is 19.4 Å². The fourth-order valence-corrected chi connectivity index (χ4v) is 3.45. The van der Waals surface area contributed by atoms with Gasteiger partial charge in [-0.25, -0.2) is 4.98 Å². The standard InChI is InChI=1S/C21H24N4O/c1-3-19(13-22-9-1)15-24(16-21-4-2-12-26-21)14-18-5-7-20(8-6-18)25-11-10-23-17-25/h1,3,5-11,13,17,21H,2,4,12,14-16H2/t21-/m1/s1. The first-order valence-corrected chi connectivity index (χ1v) is 9.17. The van der Waals surface area contributed by atoms with Crippen molar-refractivity contribution in [3.8, 4) is 5.69 Å². The molecule has 0 spiro atoms. The molecule has 1 atom stereocenters. The quantitative estimate of drug-likeness (QED) is 0.656. The zero-order valence-corrected chi connectivity index (χ0v) is 14.9. The molecule has 0 saturated carbocycles. The van der Waals surface area contributed by atoms with Crippen molar-refractivity contribution >= 4 is 0 Å². The molecule has 26 heavy (non-hydrogen) atoms. The summed E-state index contributed by atoms with van der Waals surface area (Å²) < 4.78 is 7.88. The topological polar surface area (TPSA) is 43.2 Å². The minimum atomic E-state index is 0.344. The van der Waals surface area contributed by atoms with Crippen molar-refractivity contribution in [2.75, 3.05) is 13.2 Å². The minimum absolute atomic E-state index is 0.344. The molecule has 0 N–H and O–H groups in total. The van der Waals surface area contributed by atoms with Crippen molar-refractivity contribution in [2.45, 2.75) is 32.0 Å². The lowest BCUT2D eigenvalue weighted by Crippen LogP contribution is -2.31. The molecule has 0 bridgehead atoms. The SMILES string of the molecule is c1cncc(CN(Cc2ccc(-n3ccnc3)cc2)C[C@H]2CCCO2)c1. The highest BCUT2D eigenvalue weighted by Gasteiger charge is 2.19. The van der Waals surface area contributed by atoms with Crippen LogP contribution in [0, 0.1) is 0 Å². The average molecular weight is 348 g/mol. The Morgan fingerprint density at radius 3 is 2.62 bits per heavy atom. The summed E-state index contributed by atoms with van der Waals surface area (Å²) >= 11 is 0. The van der Waals surface area contributed by atoms with Gasteiger partial charge in [0.25, 0.3) is 0 Å². The van der Waals surface area contributed by atoms with Gasteiger partial charge in [0, 0.05) is 56.7 Å². The van der Waals surface area contributed by atoms with Gasteiger partial charge in [-0.3, -0.25) is 9.88 Å². The Kier molecular flexibility index (Phi) is 5.38. The molecule has 1 aliphatic heterocycles. The Morgan fingerprint density at radius 2 is 1.92 bits per heavy atom. The molecule has 1 aliphatic rings. The summed E-state index contributed by atoms with van der Waals surface area (Å²) in [6.45, 7) is 3.64. The molecular weight excluding hydrogens is 324 g/mol. The summed E-state index contributed by atoms with van der Waals surface area (Å²) in [5, 5.41) is 0. The second-order valence-electron chi connectivity index (χ2n) is 6.80. The first-order chi connectivity index (χ1) is 12.9. The summed E-state index contributed by atoms with van der Waals surface area (Å²) in [4.78, 5) is 10.8. The number of pyridine rings is 1. The molecule has 3 heterocycles. The predicted octanol–water partition coefficient (Wildman–Crippen LogP) is 3.45. The van der Waals surface area contributed by atoms with Crippen LogP contribution in [0.4, 0.5) is 0 Å². The molecule has 5 heteroatoms. The van der Waals surface area contributed by atoms with Crippen LogP contribution in [0.5, 0.6) is 0 Å². The van der Waals surface area contributed by atoms with Gasteiger partial charge >= 0.3 is 0 Å². The summed E-state index contributed by atoms with van der Waals surface area (Å²) in [5.41, 5.74) is 3.67. The Hall–Kier alpha value is -2.50. The number of benzene rings is 1. The molecule has 4 rings (SSSR count). The number of hydrogen-bond donors (Lipinski definition) is 0. The van der Waals surface area contributed by atoms with Crippen LogP contribution in [0.2, 0.25) is 0 Å². The van der Waals surface area contributed by atoms with Crippen LogP contribution in [0.15, 0.2) is 67.5 Å². The summed E-state index contributed by atoms with van der Waals surface area (Å²) in [6.07, 6.45) is 12.0. The third-order valence-corrected chi connectivity index (χ3v) is 4.76. The molecule has 0 amide bonds. The fraction of sp³-hybridized carbons (Fsp3) is 0.333. The molecule has 1 saturated heterocycles. The normalized spacial score (nSPS) is 17.0. The van der Waals surface area contributed by atoms with E-state index in [2.05, 4.69) is 45.2 Å². The Bertz CT molecular complexity index is 781. The molecule has 134 valence electrons. The minimum Gasteiger partial charge on any atom is -0.377 e. The van der Waals surface area contributed by atoms with E-state index in [-0.39, 0.29) is 0 Å². The number of ether oxygens (including phenoxy) is 1. The molecule has 5 nitrogen and oxygen atoms in total. The fourth-order valence-electron chi connectivity index (χ4n) is 3.45. The number of hydrogen-bond acceptors (Lipinski definition) is 4. The smallest absolute Gasteiger partial charge is 0.0991 e. The molecular formula is C21H24N4O. The Balaban J connectivity index is 1.46. The lowest BCUT2D eigenvalue weighted by molar-refractivity contribution is 0.0679. The van der Waals surface area contributed by atoms with E-state index in [0.29, 0.717) is 6.10 Å². The highest BCUT2D eigenvalue weighted by Crippen LogP contribution is 2.18. The van der Waals surface area contributed by atoms with Crippen LogP contribution in [-0.2, 0) is 17.8 Å². The maximum atomic E-state index is 5.86. The Labute approximate surface area is 154 Å². The van der Waals surface area contributed by atoms with Crippen LogP contribution >= 0.6 is 0 Å². The lowest BCUT2D eigenvalue weighted by atomic mass is 10.1. The van der Waals surface area contributed by atoms with Gasteiger partial charge in [0.05, 0.1) is 12.4 Å². The van der Waals surface area contributed by atoms with Crippen molar-refractivity contribution in [3.05, 3.63) is 78.6 Å². The van der Waals surface area contributed by atoms with Gasteiger partial charge < -0.3 is 9.30 Å². The average Bonchev–Trinajstić information content (AvgIpc) is 3.37. The van der Waals surface area contributed by atoms with Gasteiger partial charge in [0.1, 0.15) is 0 Å². The van der Waals surface area contributed by atoms with Crippen molar-refractivity contribution < 1.29 is 4.74 Å². The van der Waals surface area contributed by atoms with Gasteiger partial charge in [-0.15, -0.1) is 0 Å². The number of rotatable bonds is 7. The molecule has 2 aromatic heterocycles. The molecule has 0 radical (unpaired) electrons. The second-order valence-corrected chi connectivity index (χ2v) is 6.80. The van der Waals surface area contributed by atoms with Crippen molar-refractivity contribution in [1.29, 1.82) is 0 Å². The molecule has 3 aromatic rings. The maximum Gasteiger partial charge on any atom is 0.0991 e. The van der Waals surface area contributed by atoms with Crippen LogP contribution in [0.25, 0.3) is 5.69 Å². The highest BCUT2D eigenvalue weighted by molar-refractivity contribution is 5.34. The third-order valence-electron chi connectivity index (χ3n) is 4.76. The summed E-state index contributed by atoms with van der Waals surface area (Å²) in [5.74, 6) is 0. The van der Waals surface area contributed by atoms with E-state index in [0.717, 1.165) is 38.3 Å². The van der Waals surface area contributed by atoms with E-state index in [1.165, 1.54) is 17.5 Å². The van der Waals surface area contributed by atoms with E-state index in [9.17, 15) is 0 Å². The largest absolute Gasteiger partial charge is 0.377 e. The van der Waals surface area contributed by atoms with Crippen LogP contribution in [-0.4, -0.2) is 38.7 Å². The number of imidazole rings is 1. The van der Waals surface area contributed by atoms with E-state index >= 15 is 0 Å². The van der Waals surface area contributed by atoms with Crippen LogP contribution < -0.4 is 0 Å². The maximum absolute atomic E-state index is 5.86. The number of nitrogens with zero attached hydrogens (tertiary/aromatic N) is 4. The summed E-state index contributed by atoms with van der Waals surface area (Å²) in [6, 6.07) is 12.8. The van der Waals surface area contributed by atoms with Gasteiger partial charge in [0.2, 0.25) is 0 Å². The zero-order chi connectivity index (χ0) is 17.6. The second kappa shape index (κ2) is 8.25. The first-order valence-electron chi connectivity index (χ1n) is 9.17. The molecule has 1 fully saturated rings.